The summed E-state index contributed by atoms with van der Waals surface area (Å²) in [4.78, 5) is 10.7. The molecule has 2 unspecified atom stereocenters. The van der Waals surface area contributed by atoms with Gasteiger partial charge in [-0.05, 0) is 17.5 Å². The molecular weight excluding hydrogens is 232 g/mol. The Kier molecular flexibility index (Phi) is 4.30. The summed E-state index contributed by atoms with van der Waals surface area (Å²) in [6.45, 7) is 1.40. The van der Waals surface area contributed by atoms with Gasteiger partial charge < -0.3 is 20.9 Å². The zero-order valence-corrected chi connectivity index (χ0v) is 10.1. The van der Waals surface area contributed by atoms with Gasteiger partial charge in [-0.1, -0.05) is 24.3 Å². The molecule has 1 aliphatic rings. The van der Waals surface area contributed by atoms with Crippen LogP contribution in [0.5, 0.6) is 0 Å². The van der Waals surface area contributed by atoms with Crippen LogP contribution in [0.3, 0.4) is 0 Å². The van der Waals surface area contributed by atoms with E-state index < -0.39 is 12.0 Å². The average Bonchev–Trinajstić information content (AvgIpc) is 2.38. The van der Waals surface area contributed by atoms with Crippen molar-refractivity contribution in [2.75, 3.05) is 19.7 Å². The maximum atomic E-state index is 10.7. The van der Waals surface area contributed by atoms with E-state index in [1.54, 1.807) is 0 Å². The molecule has 98 valence electrons. The number of rotatable bonds is 5. The first-order chi connectivity index (χ1) is 8.68. The second-order valence-corrected chi connectivity index (χ2v) is 4.38. The number of amides is 1. The Labute approximate surface area is 106 Å². The number of fused-ring (bicyclic) bond motifs is 1. The lowest BCUT2D eigenvalue weighted by atomic mass is 9.97. The van der Waals surface area contributed by atoms with Gasteiger partial charge in [0.1, 0.15) is 6.10 Å². The molecule has 0 spiro atoms. The molecule has 0 radical (unpaired) electrons. The number of carbonyl (C=O) groups excluding carboxylic acids is 1. The molecule has 4 N–H and O–H groups in total. The Balaban J connectivity index is 1.90. The van der Waals surface area contributed by atoms with E-state index in [9.17, 15) is 9.90 Å². The van der Waals surface area contributed by atoms with E-state index >= 15 is 0 Å². The van der Waals surface area contributed by atoms with Gasteiger partial charge in [0.25, 0.3) is 0 Å². The fourth-order valence-electron chi connectivity index (χ4n) is 2.10. The summed E-state index contributed by atoms with van der Waals surface area (Å²) in [5, 5.41) is 12.3. The quantitative estimate of drug-likeness (QED) is 0.672. The molecule has 1 amide bonds. The predicted octanol–water partition coefficient (Wildman–Crippen LogP) is -0.264. The predicted molar refractivity (Wildman–Crippen MR) is 66.9 cm³/mol. The molecule has 0 saturated carbocycles. The summed E-state index contributed by atoms with van der Waals surface area (Å²) in [5.41, 5.74) is 7.44. The zero-order chi connectivity index (χ0) is 13.0. The molecule has 5 nitrogen and oxygen atoms in total. The molecule has 0 fully saturated rings. The second-order valence-electron chi connectivity index (χ2n) is 4.38. The molecule has 0 bridgehead atoms. The van der Waals surface area contributed by atoms with Crippen LogP contribution in [-0.2, 0) is 16.0 Å². The Bertz CT molecular complexity index is 422. The number of benzene rings is 1. The summed E-state index contributed by atoms with van der Waals surface area (Å²) in [6.07, 6.45) is -0.254. The molecule has 2 rings (SSSR count). The first kappa shape index (κ1) is 13.0. The van der Waals surface area contributed by atoms with Crippen LogP contribution in [0.1, 0.15) is 17.2 Å². The topological polar surface area (TPSA) is 84.6 Å². The molecule has 0 aliphatic carbocycles. The Morgan fingerprint density at radius 1 is 1.56 bits per heavy atom. The molecule has 1 aliphatic heterocycles. The van der Waals surface area contributed by atoms with Crippen LogP contribution in [0.4, 0.5) is 0 Å². The van der Waals surface area contributed by atoms with Crippen molar-refractivity contribution in [1.82, 2.24) is 5.32 Å². The Morgan fingerprint density at radius 3 is 3.11 bits per heavy atom. The van der Waals surface area contributed by atoms with Crippen molar-refractivity contribution in [3.8, 4) is 0 Å². The monoisotopic (exact) mass is 250 g/mol. The third kappa shape index (κ3) is 3.07. The average molecular weight is 250 g/mol. The molecule has 0 saturated heterocycles. The van der Waals surface area contributed by atoms with E-state index in [0.717, 1.165) is 6.42 Å². The van der Waals surface area contributed by atoms with Gasteiger partial charge in [0.2, 0.25) is 5.91 Å². The Hall–Kier alpha value is -1.43. The smallest absolute Gasteiger partial charge is 0.247 e. The lowest BCUT2D eigenvalue weighted by Gasteiger charge is -2.26. The Morgan fingerprint density at radius 2 is 2.33 bits per heavy atom. The third-order valence-electron chi connectivity index (χ3n) is 3.09. The minimum absolute atomic E-state index is 0.0324. The molecular formula is C13H18N2O3. The number of aliphatic hydroxyl groups is 1. The molecule has 18 heavy (non-hydrogen) atoms. The van der Waals surface area contributed by atoms with E-state index in [1.807, 2.05) is 18.2 Å². The van der Waals surface area contributed by atoms with Crippen LogP contribution in [-0.4, -0.2) is 36.8 Å². The number of primary amides is 1. The lowest BCUT2D eigenvalue weighted by Crippen LogP contribution is -2.39. The van der Waals surface area contributed by atoms with E-state index in [1.165, 1.54) is 11.1 Å². The van der Waals surface area contributed by atoms with Crippen molar-refractivity contribution in [2.45, 2.75) is 18.6 Å². The number of aliphatic hydroxyl groups excluding tert-OH is 1. The molecule has 1 aromatic carbocycles. The fraction of sp³-hybridized carbons (Fsp3) is 0.462. The fourth-order valence-corrected chi connectivity index (χ4v) is 2.10. The van der Waals surface area contributed by atoms with Gasteiger partial charge in [-0.25, -0.2) is 0 Å². The summed E-state index contributed by atoms with van der Waals surface area (Å²) in [6, 6.07) is 8.15. The van der Waals surface area contributed by atoms with Crippen molar-refractivity contribution in [1.29, 1.82) is 0 Å². The van der Waals surface area contributed by atoms with Gasteiger partial charge >= 0.3 is 0 Å². The van der Waals surface area contributed by atoms with Gasteiger partial charge in [0, 0.05) is 13.1 Å². The molecule has 1 heterocycles. The summed E-state index contributed by atoms with van der Waals surface area (Å²) >= 11 is 0. The van der Waals surface area contributed by atoms with Crippen LogP contribution < -0.4 is 11.1 Å². The SMILES string of the molecule is NC(=O)C(O)CNCC1OCCc2ccccc21. The van der Waals surface area contributed by atoms with Gasteiger partial charge in [0.15, 0.2) is 0 Å². The van der Waals surface area contributed by atoms with E-state index in [2.05, 4.69) is 11.4 Å². The van der Waals surface area contributed by atoms with Crippen molar-refractivity contribution in [2.24, 2.45) is 5.73 Å². The maximum Gasteiger partial charge on any atom is 0.247 e. The number of nitrogens with two attached hydrogens (primary N) is 1. The lowest BCUT2D eigenvalue weighted by molar-refractivity contribution is -0.125. The van der Waals surface area contributed by atoms with Crippen LogP contribution in [0, 0.1) is 0 Å². The minimum Gasteiger partial charge on any atom is -0.382 e. The second kappa shape index (κ2) is 5.95. The van der Waals surface area contributed by atoms with Crippen molar-refractivity contribution >= 4 is 5.91 Å². The van der Waals surface area contributed by atoms with Crippen LogP contribution in [0.25, 0.3) is 0 Å². The zero-order valence-electron chi connectivity index (χ0n) is 10.1. The number of ether oxygens (including phenoxy) is 1. The number of nitrogens with one attached hydrogen (secondary N) is 1. The van der Waals surface area contributed by atoms with E-state index in [0.29, 0.717) is 13.2 Å². The van der Waals surface area contributed by atoms with Crippen molar-refractivity contribution in [3.63, 3.8) is 0 Å². The first-order valence-corrected chi connectivity index (χ1v) is 6.06. The van der Waals surface area contributed by atoms with Crippen LogP contribution in [0.15, 0.2) is 24.3 Å². The largest absolute Gasteiger partial charge is 0.382 e. The highest BCUT2D eigenvalue weighted by molar-refractivity contribution is 5.78. The van der Waals surface area contributed by atoms with E-state index in [-0.39, 0.29) is 12.6 Å². The minimum atomic E-state index is -1.15. The molecule has 5 heteroatoms. The van der Waals surface area contributed by atoms with Gasteiger partial charge in [-0.2, -0.15) is 0 Å². The third-order valence-corrected chi connectivity index (χ3v) is 3.09. The summed E-state index contributed by atoms with van der Waals surface area (Å²) < 4.78 is 5.69. The summed E-state index contributed by atoms with van der Waals surface area (Å²) in [7, 11) is 0. The first-order valence-electron chi connectivity index (χ1n) is 6.06. The van der Waals surface area contributed by atoms with Crippen molar-refractivity contribution in [3.05, 3.63) is 35.4 Å². The van der Waals surface area contributed by atoms with Gasteiger partial charge in [-0.3, -0.25) is 4.79 Å². The van der Waals surface area contributed by atoms with Crippen molar-refractivity contribution < 1.29 is 14.6 Å². The highest BCUT2D eigenvalue weighted by atomic mass is 16.5. The standard InChI is InChI=1S/C13H18N2O3/c14-13(17)11(16)7-15-8-12-10-4-2-1-3-9(10)5-6-18-12/h1-4,11-12,15-16H,5-8H2,(H2,14,17). The number of carbonyl (C=O) groups is 1. The molecule has 0 aromatic heterocycles. The normalized spacial score (nSPS) is 20.2. The van der Waals surface area contributed by atoms with Gasteiger partial charge in [0.05, 0.1) is 12.7 Å². The number of hydrogen-bond donors (Lipinski definition) is 3. The van der Waals surface area contributed by atoms with E-state index in [4.69, 9.17) is 10.5 Å². The molecule has 2 atom stereocenters. The summed E-state index contributed by atoms with van der Waals surface area (Å²) in [5.74, 6) is -0.715. The molecule has 1 aromatic rings. The maximum absolute atomic E-state index is 10.7. The number of hydrogen-bond acceptors (Lipinski definition) is 4. The highest BCUT2D eigenvalue weighted by Crippen LogP contribution is 2.25. The van der Waals surface area contributed by atoms with Gasteiger partial charge in [-0.15, -0.1) is 0 Å². The van der Waals surface area contributed by atoms with Crippen LogP contribution >= 0.6 is 0 Å². The highest BCUT2D eigenvalue weighted by Gasteiger charge is 2.20. The van der Waals surface area contributed by atoms with Crippen LogP contribution in [0.2, 0.25) is 0 Å².